The molecule has 2 N–H and O–H groups in total. The van der Waals surface area contributed by atoms with E-state index in [0.717, 1.165) is 30.6 Å². The average Bonchev–Trinajstić information content (AvgIpc) is 2.69. The van der Waals surface area contributed by atoms with Gasteiger partial charge in [-0.25, -0.2) is 0 Å². The summed E-state index contributed by atoms with van der Waals surface area (Å²) in [4.78, 5) is 13.4. The number of aliphatic hydroxyl groups is 1. The minimum absolute atomic E-state index is 0.0251. The van der Waals surface area contributed by atoms with E-state index in [-0.39, 0.29) is 17.9 Å². The Hall–Kier alpha value is -0.450. The van der Waals surface area contributed by atoms with Crippen molar-refractivity contribution in [3.8, 4) is 0 Å². The number of hydrogen-bond donors (Lipinski definition) is 2. The van der Waals surface area contributed by atoms with Crippen LogP contribution in [0.5, 0.6) is 0 Å². The van der Waals surface area contributed by atoms with Crippen LogP contribution in [0.1, 0.15) is 32.6 Å². The predicted molar refractivity (Wildman–Crippen MR) is 82.8 cm³/mol. The number of rotatable bonds is 4. The smallest absolute Gasteiger partial charge is 0.242 e. The standard InChI is InChI=1S/C15H20ClNO2S/c1-9-11(7-8-16)12-15(20-9,14(19)17-12)13(18)10-5-3-2-4-6-10/h3,5,10,12-13,18H,2,4,6-8H2,1H3,(H,17,19)/t10-,12+,13+,15+/m1/s1. The maximum absolute atomic E-state index is 12.2. The van der Waals surface area contributed by atoms with E-state index in [1.807, 2.05) is 6.92 Å². The Morgan fingerprint density at radius 2 is 2.45 bits per heavy atom. The number of hydrogen-bond acceptors (Lipinski definition) is 3. The Morgan fingerprint density at radius 1 is 1.65 bits per heavy atom. The number of alkyl halides is 1. The van der Waals surface area contributed by atoms with Crippen LogP contribution in [0.2, 0.25) is 0 Å². The Morgan fingerprint density at radius 3 is 3.05 bits per heavy atom. The molecule has 5 heteroatoms. The van der Waals surface area contributed by atoms with Gasteiger partial charge < -0.3 is 10.4 Å². The van der Waals surface area contributed by atoms with Crippen molar-refractivity contribution < 1.29 is 9.90 Å². The molecule has 0 unspecified atom stereocenters. The molecule has 0 spiro atoms. The number of nitrogens with one attached hydrogen (secondary N) is 1. The summed E-state index contributed by atoms with van der Waals surface area (Å²) in [5.41, 5.74) is 1.20. The van der Waals surface area contributed by atoms with Gasteiger partial charge in [0.15, 0.2) is 0 Å². The number of β-lactam (4-membered cyclic amide) rings is 1. The van der Waals surface area contributed by atoms with Crippen LogP contribution in [0.3, 0.4) is 0 Å². The van der Waals surface area contributed by atoms with E-state index in [0.29, 0.717) is 5.88 Å². The third-order valence-corrected chi connectivity index (χ3v) is 6.44. The van der Waals surface area contributed by atoms with Crippen molar-refractivity contribution in [3.63, 3.8) is 0 Å². The lowest BCUT2D eigenvalue weighted by Crippen LogP contribution is -2.75. The topological polar surface area (TPSA) is 49.3 Å². The zero-order valence-corrected chi connectivity index (χ0v) is 13.1. The van der Waals surface area contributed by atoms with Crippen LogP contribution < -0.4 is 5.32 Å². The second kappa shape index (κ2) is 5.39. The maximum atomic E-state index is 12.2. The molecule has 2 aliphatic heterocycles. The largest absolute Gasteiger partial charge is 0.390 e. The quantitative estimate of drug-likeness (QED) is 0.476. The van der Waals surface area contributed by atoms with Gasteiger partial charge >= 0.3 is 0 Å². The molecule has 0 aromatic heterocycles. The first-order valence-corrected chi connectivity index (χ1v) is 8.56. The van der Waals surface area contributed by atoms with Crippen molar-refractivity contribution in [2.24, 2.45) is 5.92 Å². The monoisotopic (exact) mass is 313 g/mol. The summed E-state index contributed by atoms with van der Waals surface area (Å²) in [6.45, 7) is 2.03. The molecule has 0 bridgehead atoms. The Kier molecular flexibility index (Phi) is 3.91. The highest BCUT2D eigenvalue weighted by molar-refractivity contribution is 8.05. The minimum atomic E-state index is -0.710. The molecule has 1 saturated heterocycles. The Balaban J connectivity index is 1.86. The molecule has 0 aromatic rings. The second-order valence-electron chi connectivity index (χ2n) is 5.79. The van der Waals surface area contributed by atoms with Crippen LogP contribution in [0.15, 0.2) is 22.6 Å². The fraction of sp³-hybridized carbons (Fsp3) is 0.667. The third kappa shape index (κ3) is 1.96. The predicted octanol–water partition coefficient (Wildman–Crippen LogP) is 2.59. The Bertz CT molecular complexity index is 490. The lowest BCUT2D eigenvalue weighted by molar-refractivity contribution is -0.137. The molecule has 4 atom stereocenters. The molecule has 20 heavy (non-hydrogen) atoms. The van der Waals surface area contributed by atoms with Crippen molar-refractivity contribution in [3.05, 3.63) is 22.6 Å². The van der Waals surface area contributed by atoms with E-state index in [2.05, 4.69) is 17.5 Å². The number of amides is 1. The van der Waals surface area contributed by atoms with Crippen LogP contribution in [-0.4, -0.2) is 33.8 Å². The van der Waals surface area contributed by atoms with Gasteiger partial charge in [0.25, 0.3) is 0 Å². The fourth-order valence-corrected chi connectivity index (χ4v) is 5.41. The molecule has 110 valence electrons. The van der Waals surface area contributed by atoms with Gasteiger partial charge in [0.1, 0.15) is 4.75 Å². The van der Waals surface area contributed by atoms with Crippen LogP contribution >= 0.6 is 23.4 Å². The lowest BCUT2D eigenvalue weighted by atomic mass is 9.73. The van der Waals surface area contributed by atoms with Gasteiger partial charge in [-0.15, -0.1) is 23.4 Å². The molecule has 3 rings (SSSR count). The molecule has 1 aliphatic carbocycles. The van der Waals surface area contributed by atoms with Crippen molar-refractivity contribution >= 4 is 29.3 Å². The number of carbonyl (C=O) groups excluding carboxylic acids is 1. The number of thioether (sulfide) groups is 1. The first-order valence-electron chi connectivity index (χ1n) is 7.21. The van der Waals surface area contributed by atoms with Crippen LogP contribution in [-0.2, 0) is 4.79 Å². The molecule has 2 heterocycles. The van der Waals surface area contributed by atoms with Crippen LogP contribution in [0.4, 0.5) is 0 Å². The summed E-state index contributed by atoms with van der Waals surface area (Å²) in [7, 11) is 0. The number of fused-ring (bicyclic) bond motifs is 1. The van der Waals surface area contributed by atoms with Crippen molar-refractivity contribution in [2.45, 2.75) is 49.5 Å². The van der Waals surface area contributed by atoms with Gasteiger partial charge in [0.2, 0.25) is 5.91 Å². The fourth-order valence-electron chi connectivity index (χ4n) is 3.59. The van der Waals surface area contributed by atoms with Gasteiger partial charge in [-0.2, -0.15) is 0 Å². The summed E-state index contributed by atoms with van der Waals surface area (Å²) in [5, 5.41) is 13.8. The van der Waals surface area contributed by atoms with E-state index >= 15 is 0 Å². The highest BCUT2D eigenvalue weighted by atomic mass is 35.5. The van der Waals surface area contributed by atoms with E-state index in [1.54, 1.807) is 11.8 Å². The molecule has 3 aliphatic rings. The van der Waals surface area contributed by atoms with Gasteiger partial charge in [0.05, 0.1) is 12.1 Å². The third-order valence-electron chi connectivity index (χ3n) is 4.68. The summed E-state index contributed by atoms with van der Waals surface area (Å²) >= 11 is 7.41. The summed E-state index contributed by atoms with van der Waals surface area (Å²) in [6, 6.07) is -0.0379. The van der Waals surface area contributed by atoms with Crippen molar-refractivity contribution in [2.75, 3.05) is 5.88 Å². The van der Waals surface area contributed by atoms with E-state index in [9.17, 15) is 9.90 Å². The SMILES string of the molecule is CC1=C(CCCl)[C@@H]2NC(=O)[C@]2([C@@H](O)[C@@H]2C=CCCC2)S1. The maximum Gasteiger partial charge on any atom is 0.242 e. The highest BCUT2D eigenvalue weighted by Crippen LogP contribution is 2.55. The van der Waals surface area contributed by atoms with Gasteiger partial charge in [-0.05, 0) is 43.1 Å². The van der Waals surface area contributed by atoms with Crippen LogP contribution in [0, 0.1) is 5.92 Å². The number of aliphatic hydroxyl groups excluding tert-OH is 1. The summed E-state index contributed by atoms with van der Waals surface area (Å²) in [6.07, 6.45) is 7.50. The Labute approximate surface area is 128 Å². The molecule has 1 amide bonds. The minimum Gasteiger partial charge on any atom is -0.390 e. The molecule has 1 fully saturated rings. The number of halogens is 1. The number of carbonyl (C=O) groups is 1. The van der Waals surface area contributed by atoms with Gasteiger partial charge in [0, 0.05) is 11.8 Å². The van der Waals surface area contributed by atoms with Gasteiger partial charge in [-0.1, -0.05) is 12.2 Å². The number of allylic oxidation sites excluding steroid dienone is 2. The average molecular weight is 314 g/mol. The molecule has 0 aromatic carbocycles. The molecule has 3 nitrogen and oxygen atoms in total. The lowest BCUT2D eigenvalue weighted by Gasteiger charge is -2.49. The van der Waals surface area contributed by atoms with E-state index < -0.39 is 10.9 Å². The zero-order chi connectivity index (χ0) is 14.3. The van der Waals surface area contributed by atoms with Gasteiger partial charge in [-0.3, -0.25) is 4.79 Å². The van der Waals surface area contributed by atoms with Crippen molar-refractivity contribution in [1.82, 2.24) is 5.32 Å². The first-order chi connectivity index (χ1) is 9.61. The molecule has 0 saturated carbocycles. The highest BCUT2D eigenvalue weighted by Gasteiger charge is 2.65. The van der Waals surface area contributed by atoms with Crippen LogP contribution in [0.25, 0.3) is 0 Å². The molecule has 0 radical (unpaired) electrons. The molecular formula is C15H20ClNO2S. The van der Waals surface area contributed by atoms with E-state index in [4.69, 9.17) is 11.6 Å². The summed E-state index contributed by atoms with van der Waals surface area (Å²) in [5.74, 6) is 0.616. The van der Waals surface area contributed by atoms with Crippen molar-refractivity contribution in [1.29, 1.82) is 0 Å². The molecular weight excluding hydrogens is 294 g/mol. The first kappa shape index (κ1) is 14.5. The normalized spacial score (nSPS) is 37.5. The zero-order valence-electron chi connectivity index (χ0n) is 11.6. The van der Waals surface area contributed by atoms with E-state index in [1.165, 1.54) is 5.57 Å². The second-order valence-corrected chi connectivity index (χ2v) is 7.66. The summed E-state index contributed by atoms with van der Waals surface area (Å²) < 4.78 is -0.710.